The van der Waals surface area contributed by atoms with Crippen LogP contribution in [-0.4, -0.2) is 73.4 Å². The summed E-state index contributed by atoms with van der Waals surface area (Å²) >= 11 is 0. The number of rotatable bonds is 9. The molecule has 0 spiro atoms. The summed E-state index contributed by atoms with van der Waals surface area (Å²) in [6, 6.07) is 4.28. The van der Waals surface area contributed by atoms with Crippen molar-refractivity contribution in [1.82, 2.24) is 20.5 Å². The summed E-state index contributed by atoms with van der Waals surface area (Å²) in [7, 11) is 0. The molecule has 1 aromatic heterocycles. The summed E-state index contributed by atoms with van der Waals surface area (Å²) in [4.78, 5) is 14.3. The average Bonchev–Trinajstić information content (AvgIpc) is 2.82. The molecule has 174 valence electrons. The normalized spacial score (nSPS) is 20.0. The highest BCUT2D eigenvalue weighted by Gasteiger charge is 2.31. The lowest BCUT2D eigenvalue weighted by atomic mass is 9.72. The SMILES string of the molecule is CCNC(=NCc1ccc(N2CCN(CC)CC2)nc1)NCC1(CCO)CCCCC1. The molecule has 0 amide bonds. The second-order valence-corrected chi connectivity index (χ2v) is 9.03. The molecule has 7 heteroatoms. The van der Waals surface area contributed by atoms with Crippen LogP contribution in [0.5, 0.6) is 0 Å². The van der Waals surface area contributed by atoms with Gasteiger partial charge in [-0.15, -0.1) is 0 Å². The highest BCUT2D eigenvalue weighted by atomic mass is 16.3. The molecule has 1 aliphatic carbocycles. The molecule has 0 radical (unpaired) electrons. The molecule has 0 atom stereocenters. The van der Waals surface area contributed by atoms with Crippen molar-refractivity contribution < 1.29 is 5.11 Å². The lowest BCUT2D eigenvalue weighted by Crippen LogP contribution is -2.46. The van der Waals surface area contributed by atoms with Gasteiger partial charge in [-0.2, -0.15) is 0 Å². The van der Waals surface area contributed by atoms with Gasteiger partial charge in [-0.05, 0) is 49.8 Å². The van der Waals surface area contributed by atoms with Crippen LogP contribution in [0.1, 0.15) is 57.9 Å². The third-order valence-electron chi connectivity index (χ3n) is 6.90. The molecule has 1 saturated carbocycles. The molecular weight excluding hydrogens is 388 g/mol. The van der Waals surface area contributed by atoms with Gasteiger partial charge in [0.1, 0.15) is 5.82 Å². The van der Waals surface area contributed by atoms with E-state index in [9.17, 15) is 5.11 Å². The lowest BCUT2D eigenvalue weighted by Gasteiger charge is -2.37. The molecule has 2 aliphatic rings. The largest absolute Gasteiger partial charge is 0.396 e. The molecule has 7 nitrogen and oxygen atoms in total. The molecule has 0 aromatic carbocycles. The maximum atomic E-state index is 9.56. The summed E-state index contributed by atoms with van der Waals surface area (Å²) in [6.07, 6.45) is 9.07. The molecule has 31 heavy (non-hydrogen) atoms. The van der Waals surface area contributed by atoms with Crippen molar-refractivity contribution in [2.75, 3.05) is 57.3 Å². The van der Waals surface area contributed by atoms with Gasteiger partial charge in [0, 0.05) is 52.1 Å². The van der Waals surface area contributed by atoms with E-state index in [1.165, 1.54) is 32.1 Å². The first-order valence-electron chi connectivity index (χ1n) is 12.2. The monoisotopic (exact) mass is 430 g/mol. The van der Waals surface area contributed by atoms with Gasteiger partial charge in [0.05, 0.1) is 6.54 Å². The van der Waals surface area contributed by atoms with Gasteiger partial charge in [0.15, 0.2) is 5.96 Å². The predicted octanol–water partition coefficient (Wildman–Crippen LogP) is 2.61. The smallest absolute Gasteiger partial charge is 0.191 e. The van der Waals surface area contributed by atoms with Crippen molar-refractivity contribution in [3.8, 4) is 0 Å². The number of likely N-dealkylation sites (N-methyl/N-ethyl adjacent to an activating group) is 1. The van der Waals surface area contributed by atoms with Crippen LogP contribution >= 0.6 is 0 Å². The van der Waals surface area contributed by atoms with E-state index in [1.807, 2.05) is 6.20 Å². The van der Waals surface area contributed by atoms with Gasteiger partial charge < -0.3 is 25.5 Å². The lowest BCUT2D eigenvalue weighted by molar-refractivity contribution is 0.131. The van der Waals surface area contributed by atoms with Gasteiger partial charge in [0.2, 0.25) is 0 Å². The van der Waals surface area contributed by atoms with Crippen molar-refractivity contribution in [3.63, 3.8) is 0 Å². The number of pyridine rings is 1. The summed E-state index contributed by atoms with van der Waals surface area (Å²) in [5.74, 6) is 1.92. The number of aliphatic hydroxyl groups excluding tert-OH is 1. The van der Waals surface area contributed by atoms with Crippen molar-refractivity contribution in [1.29, 1.82) is 0 Å². The quantitative estimate of drug-likeness (QED) is 0.413. The van der Waals surface area contributed by atoms with Crippen molar-refractivity contribution in [3.05, 3.63) is 23.9 Å². The molecular formula is C24H42N6O. The number of guanidine groups is 1. The minimum absolute atomic E-state index is 0.203. The first-order valence-corrected chi connectivity index (χ1v) is 12.2. The standard InChI is InChI=1S/C24H42N6O/c1-3-25-23(28-20-24(12-17-31)10-6-5-7-11-24)27-19-21-8-9-22(26-18-21)30-15-13-29(4-2)14-16-30/h8-9,18,31H,3-7,10-17,19-20H2,1-2H3,(H2,25,27,28). The number of piperazine rings is 1. The zero-order valence-electron chi connectivity index (χ0n) is 19.6. The Bertz CT molecular complexity index is 658. The van der Waals surface area contributed by atoms with Crippen LogP contribution < -0.4 is 15.5 Å². The van der Waals surface area contributed by atoms with Crippen LogP contribution in [0.15, 0.2) is 23.3 Å². The van der Waals surface area contributed by atoms with Crippen LogP contribution in [0.2, 0.25) is 0 Å². The number of aliphatic hydroxyl groups is 1. The summed E-state index contributed by atoms with van der Waals surface area (Å²) < 4.78 is 0. The van der Waals surface area contributed by atoms with Gasteiger partial charge in [-0.25, -0.2) is 9.98 Å². The van der Waals surface area contributed by atoms with Gasteiger partial charge in [-0.1, -0.05) is 32.3 Å². The highest BCUT2D eigenvalue weighted by molar-refractivity contribution is 5.79. The number of anilines is 1. The molecule has 0 unspecified atom stereocenters. The van der Waals surface area contributed by atoms with E-state index in [2.05, 4.69) is 46.4 Å². The summed E-state index contributed by atoms with van der Waals surface area (Å²) in [5.41, 5.74) is 1.32. The predicted molar refractivity (Wildman–Crippen MR) is 129 cm³/mol. The molecule has 2 heterocycles. The minimum Gasteiger partial charge on any atom is -0.396 e. The third kappa shape index (κ3) is 7.07. The van der Waals surface area contributed by atoms with Crippen molar-refractivity contribution in [2.45, 2.75) is 58.9 Å². The average molecular weight is 431 g/mol. The van der Waals surface area contributed by atoms with Crippen LogP contribution in [0.4, 0.5) is 5.82 Å². The first-order chi connectivity index (χ1) is 15.2. The number of aromatic nitrogens is 1. The molecule has 1 saturated heterocycles. The Morgan fingerprint density at radius 3 is 2.48 bits per heavy atom. The van der Waals surface area contributed by atoms with E-state index >= 15 is 0 Å². The second-order valence-electron chi connectivity index (χ2n) is 9.03. The van der Waals surface area contributed by atoms with E-state index in [1.54, 1.807) is 0 Å². The maximum absolute atomic E-state index is 9.56. The zero-order valence-corrected chi connectivity index (χ0v) is 19.6. The van der Waals surface area contributed by atoms with E-state index < -0.39 is 0 Å². The summed E-state index contributed by atoms with van der Waals surface area (Å²) in [5, 5.41) is 16.5. The van der Waals surface area contributed by atoms with E-state index in [4.69, 9.17) is 9.98 Å². The van der Waals surface area contributed by atoms with Crippen LogP contribution in [0.3, 0.4) is 0 Å². The minimum atomic E-state index is 0.203. The molecule has 1 aliphatic heterocycles. The number of hydrogen-bond acceptors (Lipinski definition) is 5. The van der Waals surface area contributed by atoms with E-state index in [0.29, 0.717) is 6.54 Å². The van der Waals surface area contributed by atoms with Gasteiger partial charge >= 0.3 is 0 Å². The van der Waals surface area contributed by atoms with Gasteiger partial charge in [-0.3, -0.25) is 0 Å². The topological polar surface area (TPSA) is 76.0 Å². The fourth-order valence-electron chi connectivity index (χ4n) is 4.83. The Hall–Kier alpha value is -1.86. The van der Waals surface area contributed by atoms with Crippen molar-refractivity contribution in [2.24, 2.45) is 10.4 Å². The Labute approximate surface area is 188 Å². The van der Waals surface area contributed by atoms with Crippen LogP contribution in [-0.2, 0) is 6.54 Å². The van der Waals surface area contributed by atoms with Gasteiger partial charge in [0.25, 0.3) is 0 Å². The van der Waals surface area contributed by atoms with E-state index in [-0.39, 0.29) is 12.0 Å². The molecule has 2 fully saturated rings. The number of hydrogen-bond donors (Lipinski definition) is 3. The van der Waals surface area contributed by atoms with E-state index in [0.717, 1.165) is 69.6 Å². The zero-order chi connectivity index (χ0) is 21.9. The van der Waals surface area contributed by atoms with Crippen molar-refractivity contribution >= 4 is 11.8 Å². The maximum Gasteiger partial charge on any atom is 0.191 e. The Balaban J connectivity index is 1.54. The Kier molecular flexibility index (Phi) is 9.40. The molecule has 3 N–H and O–H groups in total. The summed E-state index contributed by atoms with van der Waals surface area (Å²) in [6.45, 7) is 12.3. The van der Waals surface area contributed by atoms with Crippen LogP contribution in [0, 0.1) is 5.41 Å². The number of aliphatic imine (C=N–C) groups is 1. The fourth-order valence-corrected chi connectivity index (χ4v) is 4.83. The Morgan fingerprint density at radius 1 is 1.10 bits per heavy atom. The number of nitrogens with one attached hydrogen (secondary N) is 2. The molecule has 1 aromatic rings. The molecule has 3 rings (SSSR count). The number of nitrogens with zero attached hydrogens (tertiary/aromatic N) is 4. The highest BCUT2D eigenvalue weighted by Crippen LogP contribution is 2.38. The second kappa shape index (κ2) is 12.2. The Morgan fingerprint density at radius 2 is 1.87 bits per heavy atom. The van der Waals surface area contributed by atoms with Crippen LogP contribution in [0.25, 0.3) is 0 Å². The first kappa shape index (κ1) is 23.8. The molecule has 0 bridgehead atoms. The third-order valence-corrected chi connectivity index (χ3v) is 6.90. The fraction of sp³-hybridized carbons (Fsp3) is 0.750.